The lowest BCUT2D eigenvalue weighted by atomic mass is 9.36. The third-order valence-electron chi connectivity index (χ3n) is 4.45. The van der Waals surface area contributed by atoms with Crippen molar-refractivity contribution >= 4 is 6.71 Å². The molecule has 19 heavy (non-hydrogen) atoms. The predicted octanol–water partition coefficient (Wildman–Crippen LogP) is 4.65. The minimum Gasteiger partial charge on any atom is -0.121 e. The monoisotopic (exact) mass is 246 g/mol. The Morgan fingerprint density at radius 3 is 1.58 bits per heavy atom. The van der Waals surface area contributed by atoms with Gasteiger partial charge < -0.3 is 0 Å². The lowest BCUT2D eigenvalue weighted by Crippen LogP contribution is -2.22. The molecule has 2 aromatic carbocycles. The van der Waals surface area contributed by atoms with Crippen LogP contribution < -0.4 is 0 Å². The zero-order valence-electron chi connectivity index (χ0n) is 11.2. The normalized spacial score (nSPS) is 22.4. The maximum absolute atomic E-state index is 4.09. The second-order valence-electron chi connectivity index (χ2n) is 5.42. The van der Waals surface area contributed by atoms with Crippen molar-refractivity contribution in [3.05, 3.63) is 84.3 Å². The average molecular weight is 246 g/mol. The maximum atomic E-state index is 4.09. The van der Waals surface area contributed by atoms with Crippen LogP contribution in [0.15, 0.2) is 73.2 Å². The molecule has 94 valence electrons. The summed E-state index contributed by atoms with van der Waals surface area (Å²) in [6, 6.07) is 21.8. The molecule has 1 heteroatoms. The Hall–Kier alpha value is -1.76. The summed E-state index contributed by atoms with van der Waals surface area (Å²) in [7, 11) is 0. The van der Waals surface area contributed by atoms with Crippen molar-refractivity contribution < 1.29 is 0 Å². The highest BCUT2D eigenvalue weighted by Gasteiger charge is 2.38. The molecule has 0 saturated carbocycles. The Kier molecular flexibility index (Phi) is 3.54. The Balaban J connectivity index is 1.89. The van der Waals surface area contributed by atoms with Crippen molar-refractivity contribution in [3.8, 4) is 0 Å². The summed E-state index contributed by atoms with van der Waals surface area (Å²) in [5, 5.41) is 0. The molecule has 0 N–H and O–H groups in total. The van der Waals surface area contributed by atoms with Gasteiger partial charge in [-0.25, -0.2) is 0 Å². The summed E-state index contributed by atoms with van der Waals surface area (Å²) in [4.78, 5) is 0. The fourth-order valence-electron chi connectivity index (χ4n) is 3.53. The molecule has 3 rings (SSSR count). The molecule has 1 saturated heterocycles. The molecular formula is C18H19B. The molecule has 0 bridgehead atoms. The lowest BCUT2D eigenvalue weighted by molar-refractivity contribution is 0.765. The van der Waals surface area contributed by atoms with E-state index >= 15 is 0 Å². The molecule has 0 nitrogen and oxygen atoms in total. The van der Waals surface area contributed by atoms with E-state index in [-0.39, 0.29) is 0 Å². The Bertz CT molecular complexity index is 485. The van der Waals surface area contributed by atoms with Gasteiger partial charge >= 0.3 is 0 Å². The first-order valence-corrected chi connectivity index (χ1v) is 7.12. The van der Waals surface area contributed by atoms with E-state index in [2.05, 4.69) is 73.2 Å². The molecule has 2 aromatic rings. The summed E-state index contributed by atoms with van der Waals surface area (Å²) < 4.78 is 0. The molecular weight excluding hydrogens is 227 g/mol. The second kappa shape index (κ2) is 5.48. The van der Waals surface area contributed by atoms with Crippen LogP contribution in [0.25, 0.3) is 0 Å². The molecule has 0 aromatic heterocycles. The molecule has 2 atom stereocenters. The first kappa shape index (κ1) is 12.3. The van der Waals surface area contributed by atoms with Gasteiger partial charge in [0.15, 0.2) is 6.71 Å². The Morgan fingerprint density at radius 2 is 1.21 bits per heavy atom. The van der Waals surface area contributed by atoms with Crippen molar-refractivity contribution in [1.29, 1.82) is 0 Å². The fourth-order valence-corrected chi connectivity index (χ4v) is 3.53. The van der Waals surface area contributed by atoms with Crippen LogP contribution in [-0.2, 0) is 0 Å². The third kappa shape index (κ3) is 2.38. The van der Waals surface area contributed by atoms with E-state index in [4.69, 9.17) is 0 Å². The summed E-state index contributed by atoms with van der Waals surface area (Å²) in [6.45, 7) is 4.65. The first-order chi connectivity index (χ1) is 9.40. The lowest BCUT2D eigenvalue weighted by Gasteiger charge is -2.19. The molecule has 0 spiro atoms. The zero-order valence-corrected chi connectivity index (χ0v) is 11.2. The van der Waals surface area contributed by atoms with Crippen LogP contribution in [0.1, 0.15) is 35.6 Å². The van der Waals surface area contributed by atoms with E-state index in [0.29, 0.717) is 18.3 Å². The average Bonchev–Trinajstić information content (AvgIpc) is 2.93. The zero-order chi connectivity index (χ0) is 13.1. The number of rotatable bonds is 3. The van der Waals surface area contributed by atoms with E-state index in [1.165, 1.54) is 24.0 Å². The van der Waals surface area contributed by atoms with E-state index in [1.54, 1.807) is 0 Å². The van der Waals surface area contributed by atoms with Crippen molar-refractivity contribution in [2.24, 2.45) is 0 Å². The summed E-state index contributed by atoms with van der Waals surface area (Å²) >= 11 is 0. The SMILES string of the molecule is C=CB1C(c2ccccc2)CCC1c1ccccc1. The van der Waals surface area contributed by atoms with Crippen LogP contribution in [0.2, 0.25) is 0 Å². The molecule has 1 aliphatic heterocycles. The van der Waals surface area contributed by atoms with E-state index in [0.717, 1.165) is 0 Å². The molecule has 0 radical (unpaired) electrons. The van der Waals surface area contributed by atoms with Gasteiger partial charge in [0.05, 0.1) is 0 Å². The topological polar surface area (TPSA) is 0 Å². The maximum Gasteiger partial charge on any atom is 0.180 e. The van der Waals surface area contributed by atoms with Gasteiger partial charge in [-0.2, -0.15) is 0 Å². The molecule has 2 unspecified atom stereocenters. The van der Waals surface area contributed by atoms with Gasteiger partial charge in [-0.1, -0.05) is 84.6 Å². The van der Waals surface area contributed by atoms with Crippen molar-refractivity contribution in [2.45, 2.75) is 24.5 Å². The standard InChI is InChI=1S/C18H19B/c1-2-19-17(15-9-5-3-6-10-15)13-14-18(19)16-11-7-4-8-12-16/h2-12,17-18H,1,13-14H2. The van der Waals surface area contributed by atoms with Crippen LogP contribution in [0.4, 0.5) is 0 Å². The van der Waals surface area contributed by atoms with E-state index in [9.17, 15) is 0 Å². The van der Waals surface area contributed by atoms with Crippen LogP contribution in [0.5, 0.6) is 0 Å². The highest BCUT2D eigenvalue weighted by molar-refractivity contribution is 6.68. The molecule has 0 amide bonds. The van der Waals surface area contributed by atoms with Gasteiger partial charge in [0, 0.05) is 0 Å². The van der Waals surface area contributed by atoms with Gasteiger partial charge in [0.2, 0.25) is 0 Å². The highest BCUT2D eigenvalue weighted by Crippen LogP contribution is 2.42. The Morgan fingerprint density at radius 1 is 0.789 bits per heavy atom. The van der Waals surface area contributed by atoms with Crippen LogP contribution >= 0.6 is 0 Å². The van der Waals surface area contributed by atoms with Crippen LogP contribution in [-0.4, -0.2) is 6.71 Å². The second-order valence-corrected chi connectivity index (χ2v) is 5.42. The van der Waals surface area contributed by atoms with E-state index in [1.807, 2.05) is 0 Å². The number of hydrogen-bond acceptors (Lipinski definition) is 0. The summed E-state index contributed by atoms with van der Waals surface area (Å²) in [5.74, 6) is 3.43. The number of benzene rings is 2. The molecule has 1 heterocycles. The fraction of sp³-hybridized carbons (Fsp3) is 0.222. The molecule has 0 aliphatic carbocycles. The van der Waals surface area contributed by atoms with Gasteiger partial charge in [0.25, 0.3) is 0 Å². The first-order valence-electron chi connectivity index (χ1n) is 7.12. The van der Waals surface area contributed by atoms with Crippen molar-refractivity contribution in [2.75, 3.05) is 0 Å². The molecule has 1 aliphatic rings. The third-order valence-corrected chi connectivity index (χ3v) is 4.45. The van der Waals surface area contributed by atoms with Crippen LogP contribution in [0.3, 0.4) is 0 Å². The van der Waals surface area contributed by atoms with Gasteiger partial charge in [-0.05, 0) is 11.6 Å². The van der Waals surface area contributed by atoms with Gasteiger partial charge in [0.1, 0.15) is 0 Å². The van der Waals surface area contributed by atoms with Gasteiger partial charge in [-0.3, -0.25) is 0 Å². The predicted molar refractivity (Wildman–Crippen MR) is 83.6 cm³/mol. The quantitative estimate of drug-likeness (QED) is 0.691. The van der Waals surface area contributed by atoms with Crippen molar-refractivity contribution in [1.82, 2.24) is 0 Å². The number of hydrogen-bond donors (Lipinski definition) is 0. The smallest absolute Gasteiger partial charge is 0.121 e. The minimum atomic E-state index is 0.560. The largest absolute Gasteiger partial charge is 0.180 e. The highest BCUT2D eigenvalue weighted by atomic mass is 14.2. The minimum absolute atomic E-state index is 0.560. The summed E-state index contributed by atoms with van der Waals surface area (Å²) in [6.07, 6.45) is 2.53. The summed E-state index contributed by atoms with van der Waals surface area (Å²) in [5.41, 5.74) is 2.93. The Labute approximate surface area is 116 Å². The van der Waals surface area contributed by atoms with E-state index < -0.39 is 0 Å². The molecule has 1 fully saturated rings. The van der Waals surface area contributed by atoms with Crippen molar-refractivity contribution in [3.63, 3.8) is 0 Å². The van der Waals surface area contributed by atoms with Gasteiger partial charge in [-0.15, -0.1) is 12.6 Å². The van der Waals surface area contributed by atoms with Crippen LogP contribution in [0, 0.1) is 0 Å².